The average Bonchev–Trinajstić information content (AvgIpc) is 3.06. The molecule has 1 unspecified atom stereocenters. The molecule has 1 atom stereocenters. The van der Waals surface area contributed by atoms with Crippen LogP contribution in [0.25, 0.3) is 6.08 Å². The molecule has 2 aliphatic heterocycles. The molecule has 3 amide bonds. The van der Waals surface area contributed by atoms with Crippen molar-refractivity contribution in [3.8, 4) is 0 Å². The number of halogens is 2. The van der Waals surface area contributed by atoms with Crippen LogP contribution in [0.5, 0.6) is 0 Å². The zero-order chi connectivity index (χ0) is 26.2. The number of nitrogens with one attached hydrogen (secondary N) is 1. The molecule has 0 radical (unpaired) electrons. The van der Waals surface area contributed by atoms with Gasteiger partial charge < -0.3 is 10.2 Å². The number of nitrogens with zero attached hydrogens (tertiary/aromatic N) is 2. The molecule has 0 bridgehead atoms. The van der Waals surface area contributed by atoms with Gasteiger partial charge in [-0.05, 0) is 98.0 Å². The summed E-state index contributed by atoms with van der Waals surface area (Å²) >= 11 is 13.4. The van der Waals surface area contributed by atoms with Crippen LogP contribution >= 0.6 is 35.0 Å². The van der Waals surface area contributed by atoms with Gasteiger partial charge >= 0.3 is 0 Å². The van der Waals surface area contributed by atoms with E-state index in [-0.39, 0.29) is 17.0 Å². The number of imide groups is 1. The van der Waals surface area contributed by atoms with Crippen LogP contribution in [-0.2, 0) is 9.59 Å². The topological polar surface area (TPSA) is 69.7 Å². The highest BCUT2D eigenvalue weighted by Crippen LogP contribution is 2.46. The van der Waals surface area contributed by atoms with Crippen LogP contribution in [0.15, 0.2) is 41.3 Å². The van der Waals surface area contributed by atoms with E-state index in [1.807, 2.05) is 12.1 Å². The van der Waals surface area contributed by atoms with Crippen molar-refractivity contribution in [3.63, 3.8) is 0 Å². The van der Waals surface area contributed by atoms with Gasteiger partial charge in [-0.15, -0.1) is 0 Å². The lowest BCUT2D eigenvalue weighted by Crippen LogP contribution is -2.48. The predicted molar refractivity (Wildman–Crippen MR) is 149 cm³/mol. The van der Waals surface area contributed by atoms with Crippen molar-refractivity contribution in [2.24, 2.45) is 0 Å². The summed E-state index contributed by atoms with van der Waals surface area (Å²) in [5.74, 6) is -0.661. The third-order valence-corrected chi connectivity index (χ3v) is 8.03. The van der Waals surface area contributed by atoms with Crippen LogP contribution in [-0.4, -0.2) is 40.6 Å². The Bertz CT molecular complexity index is 1240. The van der Waals surface area contributed by atoms with Crippen LogP contribution in [0.1, 0.15) is 57.6 Å². The lowest BCUT2D eigenvalue weighted by atomic mass is 9.79. The molecule has 9 heteroatoms. The molecule has 6 nitrogen and oxygen atoms in total. The van der Waals surface area contributed by atoms with E-state index < -0.39 is 17.1 Å². The van der Waals surface area contributed by atoms with E-state index in [0.717, 1.165) is 41.7 Å². The standard InChI is InChI=1S/C27H29Cl2N3O3S/c1-5-10-32-22-13-21(29)17(11-20(22)16(2)14-27(32,3)4)12-23-25(34)31(26(35)36-23)15-24(33)30-19-8-6-18(28)7-9-19/h6-9,11-13,16H,5,10,14-15H2,1-4H3,(H,30,33)/b23-12+. The Morgan fingerprint density at radius 3 is 2.56 bits per heavy atom. The second kappa shape index (κ2) is 10.5. The molecular formula is C27H29Cl2N3O3S. The normalized spacial score (nSPS) is 20.2. The monoisotopic (exact) mass is 545 g/mol. The summed E-state index contributed by atoms with van der Waals surface area (Å²) in [5.41, 5.74) is 3.54. The fraction of sp³-hybridized carbons (Fsp3) is 0.370. The van der Waals surface area contributed by atoms with Crippen LogP contribution < -0.4 is 10.2 Å². The molecule has 1 N–H and O–H groups in total. The second-order valence-electron chi connectivity index (χ2n) is 9.82. The molecule has 0 spiro atoms. The molecule has 36 heavy (non-hydrogen) atoms. The van der Waals surface area contributed by atoms with Gasteiger partial charge in [-0.25, -0.2) is 0 Å². The summed E-state index contributed by atoms with van der Waals surface area (Å²) in [6.45, 7) is 9.43. The highest BCUT2D eigenvalue weighted by molar-refractivity contribution is 8.18. The summed E-state index contributed by atoms with van der Waals surface area (Å²) in [4.78, 5) is 41.6. The Hall–Kier alpha value is -2.48. The van der Waals surface area contributed by atoms with E-state index in [2.05, 4.69) is 37.9 Å². The molecule has 1 saturated heterocycles. The Labute approximate surface area is 226 Å². The maximum atomic E-state index is 13.0. The van der Waals surface area contributed by atoms with Crippen molar-refractivity contribution < 1.29 is 14.4 Å². The molecule has 190 valence electrons. The first-order valence-corrected chi connectivity index (χ1v) is 13.5. The maximum absolute atomic E-state index is 13.0. The van der Waals surface area contributed by atoms with Crippen LogP contribution in [0.3, 0.4) is 0 Å². The minimum Gasteiger partial charge on any atom is -0.366 e. The Morgan fingerprint density at radius 2 is 1.89 bits per heavy atom. The van der Waals surface area contributed by atoms with Crippen LogP contribution in [0, 0.1) is 0 Å². The molecule has 0 saturated carbocycles. The lowest BCUT2D eigenvalue weighted by Gasteiger charge is -2.47. The van der Waals surface area contributed by atoms with Crippen molar-refractivity contribution in [1.29, 1.82) is 0 Å². The van der Waals surface area contributed by atoms with E-state index in [4.69, 9.17) is 23.2 Å². The third kappa shape index (κ3) is 5.43. The fourth-order valence-electron chi connectivity index (χ4n) is 4.93. The van der Waals surface area contributed by atoms with Gasteiger partial charge in [0.1, 0.15) is 6.54 Å². The van der Waals surface area contributed by atoms with Gasteiger partial charge in [-0.1, -0.05) is 37.0 Å². The van der Waals surface area contributed by atoms with Gasteiger partial charge in [0, 0.05) is 33.5 Å². The third-order valence-electron chi connectivity index (χ3n) is 6.54. The number of hydrogen-bond acceptors (Lipinski definition) is 5. The average molecular weight is 547 g/mol. The zero-order valence-electron chi connectivity index (χ0n) is 20.7. The molecule has 0 aromatic heterocycles. The van der Waals surface area contributed by atoms with Crippen molar-refractivity contribution in [1.82, 2.24) is 4.90 Å². The molecule has 2 aliphatic rings. The first-order chi connectivity index (χ1) is 17.0. The largest absolute Gasteiger partial charge is 0.366 e. The van der Waals surface area contributed by atoms with Crippen molar-refractivity contribution in [2.75, 3.05) is 23.3 Å². The van der Waals surface area contributed by atoms with Gasteiger partial charge in [-0.3, -0.25) is 19.3 Å². The second-order valence-corrected chi connectivity index (χ2v) is 11.7. The lowest BCUT2D eigenvalue weighted by molar-refractivity contribution is -0.127. The van der Waals surface area contributed by atoms with Crippen molar-refractivity contribution in [3.05, 3.63) is 62.5 Å². The number of hydrogen-bond donors (Lipinski definition) is 1. The summed E-state index contributed by atoms with van der Waals surface area (Å²) in [5, 5.41) is 3.25. The number of benzene rings is 2. The number of anilines is 2. The minimum absolute atomic E-state index is 0.0164. The van der Waals surface area contributed by atoms with Crippen LogP contribution in [0.2, 0.25) is 10.0 Å². The van der Waals surface area contributed by atoms with Crippen LogP contribution in [0.4, 0.5) is 16.2 Å². The molecule has 1 fully saturated rings. The molecular weight excluding hydrogens is 517 g/mol. The quantitative estimate of drug-likeness (QED) is 0.389. The predicted octanol–water partition coefficient (Wildman–Crippen LogP) is 7.17. The Balaban J connectivity index is 1.55. The number of rotatable bonds is 6. The fourth-order valence-corrected chi connectivity index (χ4v) is 6.10. The molecule has 2 heterocycles. The van der Waals surface area contributed by atoms with Gasteiger partial charge in [0.15, 0.2) is 0 Å². The highest BCUT2D eigenvalue weighted by Gasteiger charge is 2.38. The molecule has 4 rings (SSSR count). The van der Waals surface area contributed by atoms with E-state index in [0.29, 0.717) is 27.2 Å². The Morgan fingerprint density at radius 1 is 1.19 bits per heavy atom. The zero-order valence-corrected chi connectivity index (χ0v) is 23.1. The minimum atomic E-state index is -0.508. The van der Waals surface area contributed by atoms with Gasteiger partial charge in [0.2, 0.25) is 5.91 Å². The number of thioether (sulfide) groups is 1. The van der Waals surface area contributed by atoms with Gasteiger partial charge in [0.05, 0.1) is 4.91 Å². The summed E-state index contributed by atoms with van der Waals surface area (Å²) < 4.78 is 0. The summed E-state index contributed by atoms with van der Waals surface area (Å²) in [6, 6.07) is 10.6. The number of carbonyl (C=O) groups is 3. The summed E-state index contributed by atoms with van der Waals surface area (Å²) in [6.07, 6.45) is 3.68. The Kier molecular flexibility index (Phi) is 7.74. The van der Waals surface area contributed by atoms with E-state index in [9.17, 15) is 14.4 Å². The number of amides is 3. The highest BCUT2D eigenvalue weighted by atomic mass is 35.5. The number of fused-ring (bicyclic) bond motifs is 1. The van der Waals surface area contributed by atoms with Crippen molar-refractivity contribution in [2.45, 2.75) is 52.0 Å². The van der Waals surface area contributed by atoms with Gasteiger partial charge in [0.25, 0.3) is 11.1 Å². The first-order valence-electron chi connectivity index (χ1n) is 11.9. The molecule has 2 aromatic rings. The summed E-state index contributed by atoms with van der Waals surface area (Å²) in [7, 11) is 0. The van der Waals surface area contributed by atoms with E-state index in [1.54, 1.807) is 30.3 Å². The van der Waals surface area contributed by atoms with Gasteiger partial charge in [-0.2, -0.15) is 0 Å². The first kappa shape index (κ1) is 26.6. The molecule has 2 aromatic carbocycles. The SMILES string of the molecule is CCCN1c2cc(Cl)c(/C=C3/SC(=O)N(CC(=O)Nc4ccc(Cl)cc4)C3=O)cc2C(C)CC1(C)C. The van der Waals surface area contributed by atoms with E-state index in [1.165, 1.54) is 5.56 Å². The smallest absolute Gasteiger partial charge is 0.294 e. The maximum Gasteiger partial charge on any atom is 0.294 e. The molecule has 0 aliphatic carbocycles. The number of carbonyl (C=O) groups excluding carboxylic acids is 3. The van der Waals surface area contributed by atoms with Crippen molar-refractivity contribution >= 4 is 69.5 Å². The van der Waals surface area contributed by atoms with E-state index >= 15 is 0 Å².